The van der Waals surface area contributed by atoms with E-state index in [0.717, 1.165) is 13.1 Å². The molecule has 2 N–H and O–H groups in total. The number of aromatic nitrogens is 1. The molecule has 0 radical (unpaired) electrons. The predicted octanol–water partition coefficient (Wildman–Crippen LogP) is 0.0358. The lowest BCUT2D eigenvalue weighted by Crippen LogP contribution is -2.27. The second kappa shape index (κ2) is 3.96. The highest BCUT2D eigenvalue weighted by Crippen LogP contribution is 2.16. The van der Waals surface area contributed by atoms with Gasteiger partial charge in [-0.1, -0.05) is 5.16 Å². The maximum Gasteiger partial charge on any atom is 0.310 e. The molecule has 0 saturated carbocycles. The van der Waals surface area contributed by atoms with Crippen LogP contribution in [-0.4, -0.2) is 37.4 Å². The number of hydrogen-bond donors (Lipinski definition) is 2. The molecular weight excluding hydrogens is 158 g/mol. The summed E-state index contributed by atoms with van der Waals surface area (Å²) in [6.45, 7) is 1.69. The molecular formula is C7H13N3O2. The maximum absolute atomic E-state index is 8.86. The Bertz CT molecular complexity index is 236. The van der Waals surface area contributed by atoms with Gasteiger partial charge in [0.05, 0.1) is 6.07 Å². The molecule has 0 saturated heterocycles. The van der Waals surface area contributed by atoms with E-state index in [1.807, 2.05) is 19.0 Å². The highest BCUT2D eigenvalue weighted by atomic mass is 16.5. The van der Waals surface area contributed by atoms with Gasteiger partial charge in [0.25, 0.3) is 0 Å². The quantitative estimate of drug-likeness (QED) is 0.669. The number of anilines is 1. The summed E-state index contributed by atoms with van der Waals surface area (Å²) in [6.07, 6.45) is 0. The van der Waals surface area contributed by atoms with E-state index in [4.69, 9.17) is 5.11 Å². The fourth-order valence-corrected chi connectivity index (χ4v) is 0.831. The van der Waals surface area contributed by atoms with Crippen LogP contribution in [0, 0.1) is 0 Å². The predicted molar refractivity (Wildman–Crippen MR) is 45.4 cm³/mol. The third-order valence-electron chi connectivity index (χ3n) is 1.57. The minimum absolute atomic E-state index is 0.152. The van der Waals surface area contributed by atoms with E-state index in [1.54, 1.807) is 0 Å². The van der Waals surface area contributed by atoms with Crippen molar-refractivity contribution in [2.75, 3.05) is 32.1 Å². The fraction of sp³-hybridized carbons (Fsp3) is 0.571. The Labute approximate surface area is 71.0 Å². The first-order valence-electron chi connectivity index (χ1n) is 3.75. The van der Waals surface area contributed by atoms with Crippen LogP contribution in [0.15, 0.2) is 10.6 Å². The number of hydrogen-bond acceptors (Lipinski definition) is 5. The van der Waals surface area contributed by atoms with Gasteiger partial charge in [0.15, 0.2) is 5.82 Å². The molecule has 0 fully saturated rings. The lowest BCUT2D eigenvalue weighted by atomic mass is 10.5. The SMILES string of the molecule is CNCCN(C)c1cc(O)on1. The Morgan fingerprint density at radius 2 is 2.50 bits per heavy atom. The van der Waals surface area contributed by atoms with E-state index < -0.39 is 0 Å². The number of likely N-dealkylation sites (N-methyl/N-ethyl adjacent to an activating group) is 2. The van der Waals surface area contributed by atoms with Crippen LogP contribution in [-0.2, 0) is 0 Å². The number of nitrogens with one attached hydrogen (secondary N) is 1. The van der Waals surface area contributed by atoms with Crippen molar-refractivity contribution in [3.8, 4) is 5.95 Å². The van der Waals surface area contributed by atoms with Crippen LogP contribution >= 0.6 is 0 Å². The van der Waals surface area contributed by atoms with Crippen LogP contribution in [0.1, 0.15) is 0 Å². The molecule has 0 aliphatic heterocycles. The van der Waals surface area contributed by atoms with Gasteiger partial charge >= 0.3 is 5.95 Å². The normalized spacial score (nSPS) is 10.2. The summed E-state index contributed by atoms with van der Waals surface area (Å²) in [5.74, 6) is 0.490. The molecule has 0 bridgehead atoms. The number of rotatable bonds is 4. The highest BCUT2D eigenvalue weighted by molar-refractivity contribution is 5.38. The molecule has 0 aliphatic rings. The van der Waals surface area contributed by atoms with Crippen LogP contribution in [0.5, 0.6) is 5.95 Å². The Kier molecular flexibility index (Phi) is 2.93. The van der Waals surface area contributed by atoms with Gasteiger partial charge < -0.3 is 19.8 Å². The summed E-state index contributed by atoms with van der Waals surface area (Å²) in [6, 6.07) is 1.48. The molecule has 0 aromatic carbocycles. The van der Waals surface area contributed by atoms with E-state index in [9.17, 15) is 0 Å². The van der Waals surface area contributed by atoms with Gasteiger partial charge in [-0.2, -0.15) is 0 Å². The molecule has 0 spiro atoms. The topological polar surface area (TPSA) is 61.5 Å². The zero-order valence-corrected chi connectivity index (χ0v) is 7.24. The van der Waals surface area contributed by atoms with Crippen molar-refractivity contribution in [3.05, 3.63) is 6.07 Å². The standard InChI is InChI=1S/C7H13N3O2/c1-8-3-4-10(2)6-5-7(11)12-9-6/h5,8,11H,3-4H2,1-2H3. The summed E-state index contributed by atoms with van der Waals surface area (Å²) < 4.78 is 4.51. The molecule has 0 unspecified atom stereocenters. The van der Waals surface area contributed by atoms with E-state index in [-0.39, 0.29) is 5.95 Å². The molecule has 1 aromatic heterocycles. The van der Waals surface area contributed by atoms with Gasteiger partial charge in [-0.05, 0) is 7.05 Å². The Morgan fingerprint density at radius 1 is 1.75 bits per heavy atom. The first-order valence-corrected chi connectivity index (χ1v) is 3.75. The lowest BCUT2D eigenvalue weighted by molar-refractivity contribution is 0.278. The van der Waals surface area contributed by atoms with Crippen LogP contribution in [0.25, 0.3) is 0 Å². The van der Waals surface area contributed by atoms with Gasteiger partial charge in [0.2, 0.25) is 0 Å². The van der Waals surface area contributed by atoms with Crippen LogP contribution < -0.4 is 10.2 Å². The molecule has 1 aromatic rings. The van der Waals surface area contributed by atoms with Gasteiger partial charge in [-0.25, -0.2) is 0 Å². The average Bonchev–Trinajstić information content (AvgIpc) is 2.47. The molecule has 5 nitrogen and oxygen atoms in total. The summed E-state index contributed by atoms with van der Waals surface area (Å²) in [7, 11) is 3.77. The number of aromatic hydroxyl groups is 1. The number of nitrogens with zero attached hydrogens (tertiary/aromatic N) is 2. The maximum atomic E-state index is 8.86. The van der Waals surface area contributed by atoms with Crippen molar-refractivity contribution >= 4 is 5.82 Å². The molecule has 0 amide bonds. The first kappa shape index (κ1) is 8.86. The zero-order chi connectivity index (χ0) is 8.97. The third-order valence-corrected chi connectivity index (χ3v) is 1.57. The average molecular weight is 171 g/mol. The Morgan fingerprint density at radius 3 is 3.00 bits per heavy atom. The van der Waals surface area contributed by atoms with Crippen molar-refractivity contribution in [1.29, 1.82) is 0 Å². The van der Waals surface area contributed by atoms with E-state index >= 15 is 0 Å². The molecule has 1 rings (SSSR count). The van der Waals surface area contributed by atoms with Gasteiger partial charge in [-0.15, -0.1) is 0 Å². The first-order chi connectivity index (χ1) is 5.74. The second-order valence-corrected chi connectivity index (χ2v) is 2.55. The van der Waals surface area contributed by atoms with Crippen molar-refractivity contribution in [1.82, 2.24) is 10.5 Å². The van der Waals surface area contributed by atoms with Crippen molar-refractivity contribution < 1.29 is 9.63 Å². The fourth-order valence-electron chi connectivity index (χ4n) is 0.831. The van der Waals surface area contributed by atoms with E-state index in [2.05, 4.69) is 15.0 Å². The lowest BCUT2D eigenvalue weighted by Gasteiger charge is -2.13. The summed E-state index contributed by atoms with van der Waals surface area (Å²) >= 11 is 0. The molecule has 0 aliphatic carbocycles. The third kappa shape index (κ3) is 2.13. The van der Waals surface area contributed by atoms with E-state index in [1.165, 1.54) is 6.07 Å². The molecule has 1 heterocycles. The Balaban J connectivity index is 2.47. The Hall–Kier alpha value is -1.23. The van der Waals surface area contributed by atoms with Crippen molar-refractivity contribution in [2.45, 2.75) is 0 Å². The van der Waals surface area contributed by atoms with Crippen molar-refractivity contribution in [2.24, 2.45) is 0 Å². The largest absolute Gasteiger partial charge is 0.479 e. The minimum atomic E-state index is -0.152. The summed E-state index contributed by atoms with van der Waals surface area (Å²) in [4.78, 5) is 1.89. The van der Waals surface area contributed by atoms with Gasteiger partial charge in [-0.3, -0.25) is 0 Å². The monoisotopic (exact) mass is 171 g/mol. The minimum Gasteiger partial charge on any atom is -0.479 e. The van der Waals surface area contributed by atoms with Crippen LogP contribution in [0.3, 0.4) is 0 Å². The summed E-state index contributed by atoms with van der Waals surface area (Å²) in [5, 5.41) is 15.5. The van der Waals surface area contributed by atoms with Crippen molar-refractivity contribution in [3.63, 3.8) is 0 Å². The van der Waals surface area contributed by atoms with Gasteiger partial charge in [0, 0.05) is 20.1 Å². The smallest absolute Gasteiger partial charge is 0.310 e. The van der Waals surface area contributed by atoms with Gasteiger partial charge in [0.1, 0.15) is 0 Å². The molecule has 12 heavy (non-hydrogen) atoms. The highest BCUT2D eigenvalue weighted by Gasteiger charge is 2.05. The molecule has 0 atom stereocenters. The molecule has 68 valence electrons. The van der Waals surface area contributed by atoms with E-state index in [0.29, 0.717) is 5.82 Å². The zero-order valence-electron chi connectivity index (χ0n) is 7.24. The second-order valence-electron chi connectivity index (χ2n) is 2.55. The summed E-state index contributed by atoms with van der Waals surface area (Å²) in [5.41, 5.74) is 0. The molecule has 5 heteroatoms. The van der Waals surface area contributed by atoms with Crippen LogP contribution in [0.2, 0.25) is 0 Å². The van der Waals surface area contributed by atoms with Crippen LogP contribution in [0.4, 0.5) is 5.82 Å².